The van der Waals surface area contributed by atoms with Crippen LogP contribution in [0.25, 0.3) is 0 Å². The highest BCUT2D eigenvalue weighted by Gasteiger charge is 2.31. The van der Waals surface area contributed by atoms with E-state index in [1.807, 2.05) is 0 Å². The summed E-state index contributed by atoms with van der Waals surface area (Å²) in [5.74, 6) is -0.550. The van der Waals surface area contributed by atoms with Crippen LogP contribution >= 0.6 is 34.8 Å². The van der Waals surface area contributed by atoms with Crippen LogP contribution in [0.5, 0.6) is 5.75 Å². The predicted octanol–water partition coefficient (Wildman–Crippen LogP) is 3.63. The minimum Gasteiger partial charge on any atom is -0.508 e. The lowest BCUT2D eigenvalue weighted by Crippen LogP contribution is -2.27. The van der Waals surface area contributed by atoms with E-state index in [0.717, 1.165) is 5.56 Å². The molecular formula is C11H12Cl3NO2. The number of aryl methyl sites for hydroxylation is 1. The van der Waals surface area contributed by atoms with Crippen molar-refractivity contribution in [1.29, 1.82) is 0 Å². The molecule has 0 saturated carbocycles. The molecule has 94 valence electrons. The van der Waals surface area contributed by atoms with Gasteiger partial charge in [-0.25, -0.2) is 0 Å². The van der Waals surface area contributed by atoms with Crippen LogP contribution in [0.1, 0.15) is 16.7 Å². The van der Waals surface area contributed by atoms with Gasteiger partial charge in [-0.15, -0.1) is 0 Å². The van der Waals surface area contributed by atoms with Crippen LogP contribution in [0.3, 0.4) is 0 Å². The number of alkyl halides is 3. The monoisotopic (exact) mass is 295 g/mol. The number of carbonyl (C=O) groups excluding carboxylic acids is 1. The molecular weight excluding hydrogens is 284 g/mol. The van der Waals surface area contributed by atoms with Gasteiger partial charge in [0, 0.05) is 5.69 Å². The molecule has 17 heavy (non-hydrogen) atoms. The van der Waals surface area contributed by atoms with E-state index in [9.17, 15) is 9.90 Å². The highest BCUT2D eigenvalue weighted by atomic mass is 35.6. The van der Waals surface area contributed by atoms with E-state index in [1.165, 1.54) is 0 Å². The first-order valence-corrected chi connectivity index (χ1v) is 5.96. The quantitative estimate of drug-likeness (QED) is 0.614. The average molecular weight is 297 g/mol. The lowest BCUT2D eigenvalue weighted by molar-refractivity contribution is -0.115. The van der Waals surface area contributed by atoms with Gasteiger partial charge in [-0.1, -0.05) is 34.8 Å². The molecule has 0 heterocycles. The van der Waals surface area contributed by atoms with Gasteiger partial charge < -0.3 is 10.4 Å². The fraction of sp³-hybridized carbons (Fsp3) is 0.364. The van der Waals surface area contributed by atoms with Crippen molar-refractivity contribution >= 4 is 46.4 Å². The van der Waals surface area contributed by atoms with Crippen LogP contribution in [0.2, 0.25) is 0 Å². The molecule has 0 saturated heterocycles. The minimum atomic E-state index is -2.01. The molecule has 0 unspecified atom stereocenters. The lowest BCUT2D eigenvalue weighted by atomic mass is 10.0. The van der Waals surface area contributed by atoms with Crippen LogP contribution < -0.4 is 5.32 Å². The van der Waals surface area contributed by atoms with Gasteiger partial charge in [0.15, 0.2) is 0 Å². The number of amides is 1. The second kappa shape index (κ2) is 4.92. The maximum atomic E-state index is 11.6. The number of aromatic hydroxyl groups is 1. The zero-order valence-electron chi connectivity index (χ0n) is 9.57. The minimum absolute atomic E-state index is 0.173. The Balaban J connectivity index is 3.17. The fourth-order valence-electron chi connectivity index (χ4n) is 1.44. The molecule has 0 fully saturated rings. The van der Waals surface area contributed by atoms with Gasteiger partial charge in [0.2, 0.25) is 0 Å². The van der Waals surface area contributed by atoms with Gasteiger partial charge in [-0.3, -0.25) is 4.79 Å². The van der Waals surface area contributed by atoms with Crippen LogP contribution in [0.4, 0.5) is 5.69 Å². The van der Waals surface area contributed by atoms with Crippen molar-refractivity contribution in [1.82, 2.24) is 0 Å². The van der Waals surface area contributed by atoms with Gasteiger partial charge in [-0.2, -0.15) is 0 Å². The molecule has 1 aromatic rings. The third kappa shape index (κ3) is 3.18. The number of rotatable bonds is 1. The number of nitrogens with one attached hydrogen (secondary N) is 1. The highest BCUT2D eigenvalue weighted by molar-refractivity contribution is 6.76. The third-order valence-corrected chi connectivity index (χ3v) is 3.08. The maximum Gasteiger partial charge on any atom is 0.276 e. The van der Waals surface area contributed by atoms with Gasteiger partial charge in [-0.05, 0) is 43.5 Å². The van der Waals surface area contributed by atoms with Gasteiger partial charge in [0.25, 0.3) is 9.70 Å². The molecule has 0 aromatic heterocycles. The smallest absolute Gasteiger partial charge is 0.276 e. The fourth-order valence-corrected chi connectivity index (χ4v) is 1.58. The Morgan fingerprint density at radius 1 is 1.24 bits per heavy atom. The van der Waals surface area contributed by atoms with Crippen molar-refractivity contribution < 1.29 is 9.90 Å². The van der Waals surface area contributed by atoms with Crippen molar-refractivity contribution in [3.8, 4) is 5.75 Å². The molecule has 6 heteroatoms. The summed E-state index contributed by atoms with van der Waals surface area (Å²) < 4.78 is -2.01. The summed E-state index contributed by atoms with van der Waals surface area (Å²) in [6.07, 6.45) is 0. The summed E-state index contributed by atoms with van der Waals surface area (Å²) >= 11 is 16.4. The number of phenolic OH excluding ortho intramolecular Hbond substituents is 1. The van der Waals surface area contributed by atoms with Crippen molar-refractivity contribution in [3.63, 3.8) is 0 Å². The average Bonchev–Trinajstić information content (AvgIpc) is 2.19. The van der Waals surface area contributed by atoms with Crippen molar-refractivity contribution in [3.05, 3.63) is 22.8 Å². The normalized spacial score (nSPS) is 11.4. The second-order valence-electron chi connectivity index (χ2n) is 3.79. The van der Waals surface area contributed by atoms with Crippen LogP contribution in [-0.2, 0) is 4.79 Å². The largest absolute Gasteiger partial charge is 0.508 e. The highest BCUT2D eigenvalue weighted by Crippen LogP contribution is 2.33. The predicted molar refractivity (Wildman–Crippen MR) is 71.2 cm³/mol. The Morgan fingerprint density at radius 2 is 1.76 bits per heavy atom. The van der Waals surface area contributed by atoms with E-state index in [4.69, 9.17) is 34.8 Å². The SMILES string of the molecule is Cc1cc(O)c(C)c(C)c1NC(=O)C(Cl)(Cl)Cl. The number of halogens is 3. The topological polar surface area (TPSA) is 49.3 Å². The van der Waals surface area contributed by atoms with Gasteiger partial charge in [0.05, 0.1) is 0 Å². The molecule has 3 nitrogen and oxygen atoms in total. The van der Waals surface area contributed by atoms with E-state index in [0.29, 0.717) is 16.8 Å². The molecule has 0 aliphatic rings. The molecule has 0 bridgehead atoms. The zero-order valence-corrected chi connectivity index (χ0v) is 11.8. The molecule has 0 aliphatic heterocycles. The van der Waals surface area contributed by atoms with Crippen LogP contribution in [0, 0.1) is 20.8 Å². The Morgan fingerprint density at radius 3 is 2.24 bits per heavy atom. The molecule has 1 amide bonds. The summed E-state index contributed by atoms with van der Waals surface area (Å²) in [5, 5.41) is 12.1. The Hall–Kier alpha value is -0.640. The number of carbonyl (C=O) groups is 1. The Kier molecular flexibility index (Phi) is 4.18. The molecule has 2 N–H and O–H groups in total. The van der Waals surface area contributed by atoms with E-state index in [-0.39, 0.29) is 5.75 Å². The van der Waals surface area contributed by atoms with Crippen molar-refractivity contribution in [2.24, 2.45) is 0 Å². The summed E-state index contributed by atoms with van der Waals surface area (Å²) in [6, 6.07) is 1.55. The first-order valence-electron chi connectivity index (χ1n) is 4.82. The lowest BCUT2D eigenvalue weighted by Gasteiger charge is -2.17. The van der Waals surface area contributed by atoms with Gasteiger partial charge >= 0.3 is 0 Å². The van der Waals surface area contributed by atoms with E-state index < -0.39 is 9.70 Å². The standard InChI is InChI=1S/C11H12Cl3NO2/c1-5-4-8(16)6(2)7(3)9(5)15-10(17)11(12,13)14/h4,16H,1-3H3,(H,15,17). The Labute approximate surface area is 115 Å². The number of anilines is 1. The van der Waals surface area contributed by atoms with Crippen LogP contribution in [0.15, 0.2) is 6.07 Å². The van der Waals surface area contributed by atoms with Crippen molar-refractivity contribution in [2.75, 3.05) is 5.32 Å². The number of benzene rings is 1. The van der Waals surface area contributed by atoms with E-state index >= 15 is 0 Å². The molecule has 0 atom stereocenters. The number of hydrogen-bond acceptors (Lipinski definition) is 2. The van der Waals surface area contributed by atoms with Gasteiger partial charge in [0.1, 0.15) is 5.75 Å². The summed E-state index contributed by atoms with van der Waals surface area (Å²) in [4.78, 5) is 11.6. The first kappa shape index (κ1) is 14.4. The molecule has 1 rings (SSSR count). The zero-order chi connectivity index (χ0) is 13.4. The van der Waals surface area contributed by atoms with Crippen LogP contribution in [-0.4, -0.2) is 14.8 Å². The summed E-state index contributed by atoms with van der Waals surface area (Å²) in [5.41, 5.74) is 2.67. The van der Waals surface area contributed by atoms with E-state index in [1.54, 1.807) is 26.8 Å². The Bertz CT molecular complexity index is 467. The third-order valence-electron chi connectivity index (χ3n) is 2.57. The summed E-state index contributed by atoms with van der Waals surface area (Å²) in [7, 11) is 0. The summed E-state index contributed by atoms with van der Waals surface area (Å²) in [6.45, 7) is 5.27. The first-order chi connectivity index (χ1) is 7.64. The molecule has 0 spiro atoms. The second-order valence-corrected chi connectivity index (χ2v) is 6.07. The molecule has 0 aliphatic carbocycles. The maximum absolute atomic E-state index is 11.6. The van der Waals surface area contributed by atoms with E-state index in [2.05, 4.69) is 5.32 Å². The number of hydrogen-bond donors (Lipinski definition) is 2. The molecule has 1 aromatic carbocycles. The number of phenols is 1. The molecule has 0 radical (unpaired) electrons. The van der Waals surface area contributed by atoms with Crippen molar-refractivity contribution in [2.45, 2.75) is 24.6 Å².